The summed E-state index contributed by atoms with van der Waals surface area (Å²) in [5.74, 6) is 0.832. The van der Waals surface area contributed by atoms with E-state index in [9.17, 15) is 4.79 Å². The zero-order chi connectivity index (χ0) is 20.9. The molecule has 1 saturated heterocycles. The fraction of sp³-hybridized carbons (Fsp3) is 0.292. The van der Waals surface area contributed by atoms with E-state index in [2.05, 4.69) is 15.0 Å². The van der Waals surface area contributed by atoms with Crippen molar-refractivity contribution in [1.82, 2.24) is 10.1 Å². The molecule has 2 heterocycles. The number of benzene rings is 2. The van der Waals surface area contributed by atoms with Gasteiger partial charge in [0.1, 0.15) is 0 Å². The molecule has 4 rings (SSSR count). The molecule has 2 N–H and O–H groups in total. The Morgan fingerprint density at radius 1 is 1.03 bits per heavy atom. The summed E-state index contributed by atoms with van der Waals surface area (Å²) in [5, 5.41) is 4.18. The molecule has 0 aliphatic carbocycles. The lowest BCUT2D eigenvalue weighted by atomic mass is 9.94. The molecular formula is C24H26N4O2. The van der Waals surface area contributed by atoms with Crippen molar-refractivity contribution in [2.45, 2.75) is 32.1 Å². The fourth-order valence-corrected chi connectivity index (χ4v) is 3.72. The molecule has 0 radical (unpaired) electrons. The Hall–Kier alpha value is -3.41. The summed E-state index contributed by atoms with van der Waals surface area (Å²) in [6.45, 7) is 3.88. The van der Waals surface area contributed by atoms with Gasteiger partial charge in [0.15, 0.2) is 11.7 Å². The maximum absolute atomic E-state index is 12.8. The lowest BCUT2D eigenvalue weighted by Crippen LogP contribution is -2.40. The summed E-state index contributed by atoms with van der Waals surface area (Å²) in [6.07, 6.45) is 3.50. The predicted molar refractivity (Wildman–Crippen MR) is 117 cm³/mol. The number of aliphatic imine (C=N–C) groups is 1. The van der Waals surface area contributed by atoms with Gasteiger partial charge in [0.25, 0.3) is 5.88 Å². The van der Waals surface area contributed by atoms with Crippen molar-refractivity contribution in [2.24, 2.45) is 10.7 Å². The van der Waals surface area contributed by atoms with Crippen LogP contribution in [0.2, 0.25) is 0 Å². The van der Waals surface area contributed by atoms with E-state index in [1.165, 1.54) is 6.42 Å². The van der Waals surface area contributed by atoms with Crippen LogP contribution in [-0.2, 0) is 0 Å². The highest BCUT2D eigenvalue weighted by Crippen LogP contribution is 2.27. The van der Waals surface area contributed by atoms with Crippen LogP contribution < -0.4 is 5.73 Å². The van der Waals surface area contributed by atoms with Gasteiger partial charge in [-0.15, -0.1) is 0 Å². The van der Waals surface area contributed by atoms with Crippen LogP contribution >= 0.6 is 0 Å². The van der Waals surface area contributed by atoms with Gasteiger partial charge in [0.05, 0.1) is 5.69 Å². The summed E-state index contributed by atoms with van der Waals surface area (Å²) in [6, 6.07) is 18.7. The van der Waals surface area contributed by atoms with Gasteiger partial charge >= 0.3 is 0 Å². The predicted octanol–water partition coefficient (Wildman–Crippen LogP) is 4.49. The Morgan fingerprint density at radius 3 is 2.53 bits per heavy atom. The molecule has 2 aromatic carbocycles. The number of hydrogen-bond donors (Lipinski definition) is 1. The van der Waals surface area contributed by atoms with Gasteiger partial charge in [0, 0.05) is 36.2 Å². The number of aromatic nitrogens is 1. The van der Waals surface area contributed by atoms with Gasteiger partial charge in [-0.1, -0.05) is 60.6 Å². The standard InChI is InChI=1S/C24H26N4O2/c1-17(19-11-8-12-20(15-19)23(29)18-9-4-2-5-10-18)21-16-22(30-27-21)26-24(25)28-13-6-3-7-14-28/h2,4-5,8-12,15-17H,3,6-7,13-14H2,1H3,(H2,25,26). The van der Waals surface area contributed by atoms with Crippen molar-refractivity contribution in [3.8, 4) is 0 Å². The molecule has 1 aliphatic rings. The van der Waals surface area contributed by atoms with Crippen LogP contribution in [0, 0.1) is 0 Å². The third-order valence-electron chi connectivity index (χ3n) is 5.55. The van der Waals surface area contributed by atoms with Crippen molar-refractivity contribution in [3.63, 3.8) is 0 Å². The summed E-state index contributed by atoms with van der Waals surface area (Å²) in [4.78, 5) is 19.2. The van der Waals surface area contributed by atoms with Crippen LogP contribution in [0.25, 0.3) is 0 Å². The van der Waals surface area contributed by atoms with Crippen molar-refractivity contribution >= 4 is 17.6 Å². The zero-order valence-electron chi connectivity index (χ0n) is 17.1. The third kappa shape index (κ3) is 4.43. The van der Waals surface area contributed by atoms with E-state index in [1.54, 1.807) is 0 Å². The highest BCUT2D eigenvalue weighted by atomic mass is 16.5. The Labute approximate surface area is 176 Å². The molecular weight excluding hydrogens is 376 g/mol. The maximum atomic E-state index is 12.8. The molecule has 1 aromatic heterocycles. The summed E-state index contributed by atoms with van der Waals surface area (Å²) in [7, 11) is 0. The van der Waals surface area contributed by atoms with Crippen molar-refractivity contribution in [2.75, 3.05) is 13.1 Å². The first-order valence-electron chi connectivity index (χ1n) is 10.4. The van der Waals surface area contributed by atoms with E-state index in [0.717, 1.165) is 37.2 Å². The smallest absolute Gasteiger partial charge is 0.253 e. The second-order valence-electron chi connectivity index (χ2n) is 7.65. The molecule has 1 fully saturated rings. The van der Waals surface area contributed by atoms with E-state index in [4.69, 9.17) is 10.3 Å². The Bertz CT molecular complexity index is 1040. The number of carbonyl (C=O) groups excluding carboxylic acids is 1. The highest BCUT2D eigenvalue weighted by molar-refractivity contribution is 6.09. The second kappa shape index (κ2) is 8.95. The van der Waals surface area contributed by atoms with Gasteiger partial charge < -0.3 is 15.2 Å². The van der Waals surface area contributed by atoms with Gasteiger partial charge in [-0.05, 0) is 30.9 Å². The molecule has 154 valence electrons. The first kappa shape index (κ1) is 19.9. The number of nitrogens with two attached hydrogens (primary N) is 1. The number of nitrogens with zero attached hydrogens (tertiary/aromatic N) is 3. The topological polar surface area (TPSA) is 84.7 Å². The average Bonchev–Trinajstić information content (AvgIpc) is 3.27. The van der Waals surface area contributed by atoms with E-state index in [-0.39, 0.29) is 11.7 Å². The Morgan fingerprint density at radius 2 is 1.77 bits per heavy atom. The molecule has 30 heavy (non-hydrogen) atoms. The maximum Gasteiger partial charge on any atom is 0.253 e. The molecule has 6 heteroatoms. The monoisotopic (exact) mass is 402 g/mol. The van der Waals surface area contributed by atoms with Crippen LogP contribution in [-0.4, -0.2) is 34.9 Å². The van der Waals surface area contributed by atoms with Gasteiger partial charge in [-0.2, -0.15) is 4.99 Å². The molecule has 6 nitrogen and oxygen atoms in total. The molecule has 0 amide bonds. The van der Waals surface area contributed by atoms with Crippen LogP contribution in [0.4, 0.5) is 5.88 Å². The number of hydrogen-bond acceptors (Lipinski definition) is 4. The number of likely N-dealkylation sites (tertiary alicyclic amines) is 1. The number of carbonyl (C=O) groups is 1. The fourth-order valence-electron chi connectivity index (χ4n) is 3.72. The van der Waals surface area contributed by atoms with E-state index >= 15 is 0 Å². The van der Waals surface area contributed by atoms with Crippen molar-refractivity contribution < 1.29 is 9.32 Å². The number of guanidine groups is 1. The minimum absolute atomic E-state index is 0.00407. The van der Waals surface area contributed by atoms with Gasteiger partial charge in [-0.3, -0.25) is 4.79 Å². The largest absolute Gasteiger partial charge is 0.369 e. The number of ketones is 1. The summed E-state index contributed by atoms with van der Waals surface area (Å²) < 4.78 is 5.40. The molecule has 1 aliphatic heterocycles. The molecule has 3 aromatic rings. The van der Waals surface area contributed by atoms with Gasteiger partial charge in [-0.25, -0.2) is 0 Å². The SMILES string of the molecule is CC(c1cccc(C(=O)c2ccccc2)c1)c1cc(/N=C(\N)N2CCCCC2)on1. The van der Waals surface area contributed by atoms with Crippen LogP contribution in [0.1, 0.15) is 59.3 Å². The second-order valence-corrected chi connectivity index (χ2v) is 7.65. The van der Waals surface area contributed by atoms with Gasteiger partial charge in [0.2, 0.25) is 0 Å². The first-order valence-corrected chi connectivity index (χ1v) is 10.4. The minimum atomic E-state index is -0.0440. The van der Waals surface area contributed by atoms with E-state index in [1.807, 2.05) is 67.6 Å². The zero-order valence-corrected chi connectivity index (χ0v) is 17.1. The van der Waals surface area contributed by atoms with E-state index in [0.29, 0.717) is 23.0 Å². The van der Waals surface area contributed by atoms with Crippen molar-refractivity contribution in [1.29, 1.82) is 0 Å². The van der Waals surface area contributed by atoms with E-state index < -0.39 is 0 Å². The third-order valence-corrected chi connectivity index (χ3v) is 5.55. The first-order chi connectivity index (χ1) is 14.6. The number of rotatable bonds is 5. The lowest BCUT2D eigenvalue weighted by molar-refractivity contribution is 0.103. The van der Waals surface area contributed by atoms with Crippen LogP contribution in [0.5, 0.6) is 0 Å². The van der Waals surface area contributed by atoms with Crippen LogP contribution in [0.3, 0.4) is 0 Å². The quantitative estimate of drug-likeness (QED) is 0.386. The Kier molecular flexibility index (Phi) is 5.93. The minimum Gasteiger partial charge on any atom is -0.369 e. The molecule has 1 atom stereocenters. The summed E-state index contributed by atoms with van der Waals surface area (Å²) >= 11 is 0. The lowest BCUT2D eigenvalue weighted by Gasteiger charge is -2.27. The molecule has 0 saturated carbocycles. The number of piperidine rings is 1. The Balaban J connectivity index is 1.51. The normalized spacial score (nSPS) is 15.8. The molecule has 0 bridgehead atoms. The molecule has 0 spiro atoms. The molecule has 1 unspecified atom stereocenters. The average molecular weight is 402 g/mol. The van der Waals surface area contributed by atoms with Crippen molar-refractivity contribution in [3.05, 3.63) is 83.0 Å². The summed E-state index contributed by atoms with van der Waals surface area (Å²) in [5.41, 5.74) is 9.21. The van der Waals surface area contributed by atoms with Crippen LogP contribution in [0.15, 0.2) is 70.2 Å². The highest BCUT2D eigenvalue weighted by Gasteiger charge is 2.18.